The number of anilines is 2. The monoisotopic (exact) mass is 498 g/mol. The third-order valence-corrected chi connectivity index (χ3v) is 10.1. The Morgan fingerprint density at radius 2 is 1.79 bits per heavy atom. The van der Waals surface area contributed by atoms with Crippen molar-refractivity contribution in [3.63, 3.8) is 0 Å². The average Bonchev–Trinajstić information content (AvgIpc) is 3.29. The minimum absolute atomic E-state index is 0.0275. The van der Waals surface area contributed by atoms with Crippen molar-refractivity contribution < 1.29 is 13.2 Å². The number of thioether (sulfide) groups is 1. The SMILES string of the molecule is Cc1cccc(N2CCN(C(=O)Cc3ccc(NC4=N[C@@H]5CS(=O)(=O)C[C@H]5S4)cc3)CC2)c1C. The van der Waals surface area contributed by atoms with Crippen molar-refractivity contribution in [2.75, 3.05) is 47.9 Å². The maximum atomic E-state index is 12.9. The van der Waals surface area contributed by atoms with Crippen LogP contribution < -0.4 is 10.2 Å². The maximum Gasteiger partial charge on any atom is 0.227 e. The molecule has 0 aromatic heterocycles. The lowest BCUT2D eigenvalue weighted by Gasteiger charge is -2.37. The van der Waals surface area contributed by atoms with Gasteiger partial charge < -0.3 is 15.1 Å². The van der Waals surface area contributed by atoms with Gasteiger partial charge in [-0.15, -0.1) is 0 Å². The summed E-state index contributed by atoms with van der Waals surface area (Å²) < 4.78 is 23.4. The molecule has 2 aromatic carbocycles. The van der Waals surface area contributed by atoms with Crippen LogP contribution in [0.1, 0.15) is 16.7 Å². The van der Waals surface area contributed by atoms with Gasteiger partial charge in [0.2, 0.25) is 5.91 Å². The Hall–Kier alpha value is -2.52. The number of carbonyl (C=O) groups excluding carboxylic acids is 1. The first kappa shape index (κ1) is 23.2. The summed E-state index contributed by atoms with van der Waals surface area (Å²) in [5.41, 5.74) is 5.75. The molecular weight excluding hydrogens is 468 g/mol. The van der Waals surface area contributed by atoms with E-state index in [9.17, 15) is 13.2 Å². The highest BCUT2D eigenvalue weighted by Gasteiger charge is 2.42. The Bertz CT molecular complexity index is 1220. The molecule has 3 aliphatic rings. The highest BCUT2D eigenvalue weighted by Crippen LogP contribution is 2.34. The van der Waals surface area contributed by atoms with Gasteiger partial charge in [0.05, 0.1) is 24.0 Å². The number of aryl methyl sites for hydroxylation is 1. The first-order valence-corrected chi connectivity index (χ1v) is 14.4. The van der Waals surface area contributed by atoms with E-state index in [1.807, 2.05) is 29.2 Å². The molecule has 0 aliphatic carbocycles. The van der Waals surface area contributed by atoms with Gasteiger partial charge in [-0.1, -0.05) is 36.0 Å². The Balaban J connectivity index is 1.12. The van der Waals surface area contributed by atoms with Crippen molar-refractivity contribution in [3.05, 3.63) is 59.2 Å². The van der Waals surface area contributed by atoms with E-state index in [0.717, 1.165) is 42.6 Å². The van der Waals surface area contributed by atoms with Crippen LogP contribution in [0.5, 0.6) is 0 Å². The number of amidine groups is 1. The van der Waals surface area contributed by atoms with Crippen LogP contribution in [0, 0.1) is 13.8 Å². The summed E-state index contributed by atoms with van der Waals surface area (Å²) in [6, 6.07) is 14.1. The summed E-state index contributed by atoms with van der Waals surface area (Å²) >= 11 is 1.51. The molecule has 3 aliphatic heterocycles. The largest absolute Gasteiger partial charge is 0.368 e. The predicted molar refractivity (Wildman–Crippen MR) is 140 cm³/mol. The number of fused-ring (bicyclic) bond motifs is 1. The Kier molecular flexibility index (Phi) is 6.33. The number of piperazine rings is 1. The summed E-state index contributed by atoms with van der Waals surface area (Å²) in [5, 5.41) is 4.09. The van der Waals surface area contributed by atoms with E-state index >= 15 is 0 Å². The number of amides is 1. The molecule has 0 spiro atoms. The lowest BCUT2D eigenvalue weighted by atomic mass is 10.1. The molecule has 1 N–H and O–H groups in total. The molecule has 0 unspecified atom stereocenters. The maximum absolute atomic E-state index is 12.9. The summed E-state index contributed by atoms with van der Waals surface area (Å²) in [7, 11) is -2.94. The summed E-state index contributed by atoms with van der Waals surface area (Å²) in [6.45, 7) is 7.47. The number of nitrogens with zero attached hydrogens (tertiary/aromatic N) is 3. The lowest BCUT2D eigenvalue weighted by Crippen LogP contribution is -2.49. The zero-order valence-corrected chi connectivity index (χ0v) is 21.2. The van der Waals surface area contributed by atoms with Crippen molar-refractivity contribution in [1.29, 1.82) is 0 Å². The molecule has 0 saturated carbocycles. The molecule has 2 atom stereocenters. The molecular formula is C25H30N4O3S2. The summed E-state index contributed by atoms with van der Waals surface area (Å²) in [4.78, 5) is 21.8. The van der Waals surface area contributed by atoms with Gasteiger partial charge in [-0.25, -0.2) is 8.42 Å². The number of rotatable bonds is 4. The second-order valence-electron chi connectivity index (χ2n) is 9.32. The van der Waals surface area contributed by atoms with E-state index in [0.29, 0.717) is 6.42 Å². The molecule has 5 rings (SSSR count). The average molecular weight is 499 g/mol. The second kappa shape index (κ2) is 9.26. The molecule has 2 aromatic rings. The Morgan fingerprint density at radius 1 is 1.06 bits per heavy atom. The molecule has 7 nitrogen and oxygen atoms in total. The number of benzene rings is 2. The van der Waals surface area contributed by atoms with Crippen molar-refractivity contribution >= 4 is 44.0 Å². The fourth-order valence-electron chi connectivity index (χ4n) is 4.81. The van der Waals surface area contributed by atoms with Gasteiger partial charge in [-0.05, 0) is 48.7 Å². The number of hydrogen-bond acceptors (Lipinski definition) is 7. The number of hydrogen-bond donors (Lipinski definition) is 1. The smallest absolute Gasteiger partial charge is 0.227 e. The van der Waals surface area contributed by atoms with Crippen LogP contribution in [-0.2, 0) is 21.1 Å². The molecule has 0 radical (unpaired) electrons. The molecule has 34 heavy (non-hydrogen) atoms. The van der Waals surface area contributed by atoms with E-state index in [1.165, 1.54) is 28.6 Å². The lowest BCUT2D eigenvalue weighted by molar-refractivity contribution is -0.130. The van der Waals surface area contributed by atoms with Crippen LogP contribution >= 0.6 is 11.8 Å². The minimum atomic E-state index is -2.94. The van der Waals surface area contributed by atoms with Crippen LogP contribution in [-0.4, -0.2) is 73.4 Å². The van der Waals surface area contributed by atoms with E-state index in [4.69, 9.17) is 0 Å². The zero-order valence-electron chi connectivity index (χ0n) is 19.5. The van der Waals surface area contributed by atoms with Crippen molar-refractivity contribution in [2.24, 2.45) is 4.99 Å². The van der Waals surface area contributed by atoms with Crippen LogP contribution in [0.4, 0.5) is 11.4 Å². The molecule has 9 heteroatoms. The third kappa shape index (κ3) is 4.95. The third-order valence-electron chi connectivity index (χ3n) is 6.93. The van der Waals surface area contributed by atoms with Gasteiger partial charge in [-0.2, -0.15) is 0 Å². The molecule has 1 amide bonds. The first-order valence-electron chi connectivity index (χ1n) is 11.7. The van der Waals surface area contributed by atoms with Gasteiger partial charge in [0.25, 0.3) is 0 Å². The molecule has 0 bridgehead atoms. The predicted octanol–water partition coefficient (Wildman–Crippen LogP) is 2.88. The van der Waals surface area contributed by atoms with Gasteiger partial charge in [0.1, 0.15) is 0 Å². The van der Waals surface area contributed by atoms with E-state index in [2.05, 4.69) is 47.3 Å². The van der Waals surface area contributed by atoms with E-state index in [-0.39, 0.29) is 28.7 Å². The second-order valence-corrected chi connectivity index (χ2v) is 12.7. The first-order chi connectivity index (χ1) is 16.3. The van der Waals surface area contributed by atoms with Gasteiger partial charge in [0.15, 0.2) is 15.0 Å². The van der Waals surface area contributed by atoms with Crippen LogP contribution in [0.2, 0.25) is 0 Å². The topological polar surface area (TPSA) is 82.1 Å². The van der Waals surface area contributed by atoms with Gasteiger partial charge in [-0.3, -0.25) is 9.79 Å². The quantitative estimate of drug-likeness (QED) is 0.698. The fraction of sp³-hybridized carbons (Fsp3) is 0.440. The van der Waals surface area contributed by atoms with Crippen LogP contribution in [0.25, 0.3) is 0 Å². The number of sulfone groups is 1. The molecule has 2 fully saturated rings. The molecule has 3 heterocycles. The minimum Gasteiger partial charge on any atom is -0.368 e. The highest BCUT2D eigenvalue weighted by molar-refractivity contribution is 8.15. The van der Waals surface area contributed by atoms with Crippen LogP contribution in [0.3, 0.4) is 0 Å². The summed E-state index contributed by atoms with van der Waals surface area (Å²) in [5.74, 6) is 0.512. The number of aliphatic imine (C=N–C) groups is 1. The van der Waals surface area contributed by atoms with Gasteiger partial charge in [0, 0.05) is 42.8 Å². The van der Waals surface area contributed by atoms with E-state index in [1.54, 1.807) is 0 Å². The van der Waals surface area contributed by atoms with Crippen molar-refractivity contribution in [2.45, 2.75) is 31.6 Å². The van der Waals surface area contributed by atoms with Crippen LogP contribution in [0.15, 0.2) is 47.5 Å². The Morgan fingerprint density at radius 3 is 2.50 bits per heavy atom. The zero-order chi connectivity index (χ0) is 23.9. The molecule has 2 saturated heterocycles. The number of nitrogens with one attached hydrogen (secondary N) is 1. The standard InChI is InChI=1S/C25H30N4O3S2/c1-17-4-3-5-22(18(17)2)28-10-12-29(13-11-28)24(30)14-19-6-8-20(9-7-19)26-25-27-21-15-34(31,32)16-23(21)33-25/h3-9,21,23H,10-16H2,1-2H3,(H,26,27)/t21-,23-/m1/s1. The summed E-state index contributed by atoms with van der Waals surface area (Å²) in [6.07, 6.45) is 0.390. The van der Waals surface area contributed by atoms with E-state index < -0.39 is 9.84 Å². The fourth-order valence-corrected chi connectivity index (χ4v) is 8.48. The van der Waals surface area contributed by atoms with Gasteiger partial charge >= 0.3 is 0 Å². The highest BCUT2D eigenvalue weighted by atomic mass is 32.2. The normalized spacial score (nSPS) is 23.5. The van der Waals surface area contributed by atoms with Crippen molar-refractivity contribution in [3.8, 4) is 0 Å². The Labute approximate surface area is 205 Å². The van der Waals surface area contributed by atoms with Crippen molar-refractivity contribution in [1.82, 2.24) is 4.90 Å². The number of carbonyl (C=O) groups is 1. The molecule has 180 valence electrons.